The van der Waals surface area contributed by atoms with Gasteiger partial charge in [0.05, 0.1) is 12.8 Å². The Morgan fingerprint density at radius 1 is 1.15 bits per heavy atom. The fraction of sp³-hybridized carbons (Fsp3) is 0.176. The summed E-state index contributed by atoms with van der Waals surface area (Å²) in [4.78, 5) is 41.9. The molecule has 1 aromatic carbocycles. The Kier molecular flexibility index (Phi) is 4.70. The van der Waals surface area contributed by atoms with Crippen LogP contribution in [0.5, 0.6) is 5.88 Å². The molecule has 0 unspecified atom stereocenters. The molecule has 132 valence electrons. The Hall–Kier alpha value is -3.62. The van der Waals surface area contributed by atoms with Crippen molar-refractivity contribution in [3.05, 3.63) is 42.0 Å². The Morgan fingerprint density at radius 3 is 2.58 bits per heavy atom. The van der Waals surface area contributed by atoms with Gasteiger partial charge in [0.2, 0.25) is 11.8 Å². The van der Waals surface area contributed by atoms with Crippen LogP contribution in [0.25, 0.3) is 0 Å². The van der Waals surface area contributed by atoms with Crippen molar-refractivity contribution in [1.82, 2.24) is 15.5 Å². The summed E-state index contributed by atoms with van der Waals surface area (Å²) in [6, 6.07) is 9.17. The van der Waals surface area contributed by atoms with Gasteiger partial charge in [-0.2, -0.15) is 0 Å². The van der Waals surface area contributed by atoms with E-state index in [1.54, 1.807) is 37.3 Å². The number of para-hydroxylation sites is 1. The van der Waals surface area contributed by atoms with Crippen LogP contribution in [-0.2, 0) is 9.59 Å². The quantitative estimate of drug-likeness (QED) is 0.656. The molecule has 1 fully saturated rings. The van der Waals surface area contributed by atoms with Crippen LogP contribution < -0.4 is 15.0 Å². The number of carbonyl (C=O) groups excluding carboxylic acids is 3. The number of aromatic nitrogens is 2. The number of hydrogen-bond acceptors (Lipinski definition) is 7. The van der Waals surface area contributed by atoms with E-state index in [2.05, 4.69) is 20.5 Å². The second-order valence-corrected chi connectivity index (χ2v) is 5.44. The minimum atomic E-state index is -1.25. The zero-order valence-corrected chi connectivity index (χ0v) is 14.0. The maximum atomic E-state index is 12.7. The zero-order chi connectivity index (χ0) is 18.7. The van der Waals surface area contributed by atoms with Gasteiger partial charge in [0.1, 0.15) is 0 Å². The predicted octanol–water partition coefficient (Wildman–Crippen LogP) is 1.40. The summed E-state index contributed by atoms with van der Waals surface area (Å²) in [5.41, 5.74) is 1.13. The average molecular weight is 353 g/mol. The minimum absolute atomic E-state index is 0.200. The van der Waals surface area contributed by atoms with Gasteiger partial charge in [-0.15, -0.1) is 10.2 Å². The summed E-state index contributed by atoms with van der Waals surface area (Å²) >= 11 is 0. The van der Waals surface area contributed by atoms with Crippen LogP contribution in [0.1, 0.15) is 5.56 Å². The van der Waals surface area contributed by atoms with Gasteiger partial charge in [0.15, 0.2) is 11.7 Å². The summed E-state index contributed by atoms with van der Waals surface area (Å²) in [6.07, 6.45) is 1.14. The van der Waals surface area contributed by atoms with Gasteiger partial charge in [-0.05, 0) is 24.6 Å². The molecule has 26 heavy (non-hydrogen) atoms. The molecule has 2 heterocycles. The third-order valence-corrected chi connectivity index (χ3v) is 3.75. The van der Waals surface area contributed by atoms with Crippen LogP contribution in [0, 0.1) is 12.8 Å². The molecule has 0 saturated carbocycles. The van der Waals surface area contributed by atoms with E-state index in [0.29, 0.717) is 11.6 Å². The largest absolute Gasteiger partial charge is 0.480 e. The smallest absolute Gasteiger partial charge is 0.335 e. The molecule has 9 heteroatoms. The number of barbiturate groups is 1. The average Bonchev–Trinajstić information content (AvgIpc) is 2.63. The first-order valence-electron chi connectivity index (χ1n) is 7.67. The third-order valence-electron chi connectivity index (χ3n) is 3.75. The number of nitrogens with one attached hydrogen (secondary N) is 1. The van der Waals surface area contributed by atoms with Crippen LogP contribution in [0.4, 0.5) is 16.3 Å². The molecule has 1 aromatic heterocycles. The first kappa shape index (κ1) is 17.2. The predicted molar refractivity (Wildman–Crippen MR) is 92.4 cm³/mol. The Morgan fingerprint density at radius 2 is 1.92 bits per heavy atom. The number of anilines is 1. The number of benzene rings is 1. The van der Waals surface area contributed by atoms with Gasteiger partial charge in [0.25, 0.3) is 5.91 Å². The number of amides is 4. The Balaban J connectivity index is 1.87. The van der Waals surface area contributed by atoms with E-state index < -0.39 is 23.8 Å². The van der Waals surface area contributed by atoms with Crippen LogP contribution >= 0.6 is 0 Å². The number of ether oxygens (including phenoxy) is 1. The number of hydrogen-bond donors (Lipinski definition) is 1. The molecule has 4 amide bonds. The van der Waals surface area contributed by atoms with Gasteiger partial charge in [0, 0.05) is 12.3 Å². The first-order chi connectivity index (χ1) is 12.5. The van der Waals surface area contributed by atoms with Gasteiger partial charge >= 0.3 is 6.03 Å². The molecule has 1 atom stereocenters. The minimum Gasteiger partial charge on any atom is -0.480 e. The number of aliphatic imine (C=N–C) groups is 1. The lowest BCUT2D eigenvalue weighted by atomic mass is 10.0. The SMILES string of the molecule is COc1ccc(N=C[C@@H]2C(=O)NC(=O)N(c3ccccc3C)C2=O)nn1. The molecule has 0 radical (unpaired) electrons. The summed E-state index contributed by atoms with van der Waals surface area (Å²) in [5.74, 6) is -2.16. The molecular weight excluding hydrogens is 338 g/mol. The monoisotopic (exact) mass is 353 g/mol. The number of carbonyl (C=O) groups is 3. The van der Waals surface area contributed by atoms with Crippen LogP contribution in [0.15, 0.2) is 41.4 Å². The number of nitrogens with zero attached hydrogens (tertiary/aromatic N) is 4. The van der Waals surface area contributed by atoms with Crippen molar-refractivity contribution < 1.29 is 19.1 Å². The molecule has 0 bridgehead atoms. The maximum absolute atomic E-state index is 12.7. The topological polar surface area (TPSA) is 114 Å². The summed E-state index contributed by atoms with van der Waals surface area (Å²) in [6.45, 7) is 1.77. The number of urea groups is 1. The molecule has 0 spiro atoms. The van der Waals surface area contributed by atoms with Gasteiger partial charge in [-0.25, -0.2) is 14.7 Å². The van der Waals surface area contributed by atoms with Crippen molar-refractivity contribution >= 4 is 35.6 Å². The molecule has 0 aliphatic carbocycles. The lowest BCUT2D eigenvalue weighted by Crippen LogP contribution is -2.58. The highest BCUT2D eigenvalue weighted by Gasteiger charge is 2.40. The van der Waals surface area contributed by atoms with E-state index in [1.807, 2.05) is 0 Å². The number of imide groups is 2. The Labute approximate surface area is 148 Å². The van der Waals surface area contributed by atoms with E-state index in [4.69, 9.17) is 4.74 Å². The zero-order valence-electron chi connectivity index (χ0n) is 14.0. The molecule has 1 N–H and O–H groups in total. The molecule has 2 aromatic rings. The highest BCUT2D eigenvalue weighted by molar-refractivity contribution is 6.32. The van der Waals surface area contributed by atoms with Gasteiger partial charge < -0.3 is 4.74 Å². The van der Waals surface area contributed by atoms with E-state index in [1.165, 1.54) is 13.2 Å². The van der Waals surface area contributed by atoms with Crippen molar-refractivity contribution in [3.8, 4) is 5.88 Å². The van der Waals surface area contributed by atoms with Crippen molar-refractivity contribution in [2.45, 2.75) is 6.92 Å². The maximum Gasteiger partial charge on any atom is 0.335 e. The van der Waals surface area contributed by atoms with Crippen molar-refractivity contribution in [3.63, 3.8) is 0 Å². The van der Waals surface area contributed by atoms with E-state index >= 15 is 0 Å². The van der Waals surface area contributed by atoms with E-state index in [-0.39, 0.29) is 5.82 Å². The molecule has 3 rings (SSSR count). The molecular formula is C17H15N5O4. The number of rotatable bonds is 4. The van der Waals surface area contributed by atoms with E-state index in [9.17, 15) is 14.4 Å². The summed E-state index contributed by atoms with van der Waals surface area (Å²) < 4.78 is 4.90. The van der Waals surface area contributed by atoms with Crippen molar-refractivity contribution in [2.75, 3.05) is 12.0 Å². The number of aryl methyl sites for hydroxylation is 1. The molecule has 1 aliphatic heterocycles. The molecule has 1 saturated heterocycles. The second kappa shape index (κ2) is 7.09. The highest BCUT2D eigenvalue weighted by atomic mass is 16.5. The van der Waals surface area contributed by atoms with E-state index in [0.717, 1.165) is 16.7 Å². The number of methoxy groups -OCH3 is 1. The van der Waals surface area contributed by atoms with Gasteiger partial charge in [-0.3, -0.25) is 14.9 Å². The normalized spacial score (nSPS) is 17.5. The van der Waals surface area contributed by atoms with Crippen molar-refractivity contribution in [2.24, 2.45) is 10.9 Å². The fourth-order valence-electron chi connectivity index (χ4n) is 2.41. The summed E-state index contributed by atoms with van der Waals surface area (Å²) in [7, 11) is 1.45. The second-order valence-electron chi connectivity index (χ2n) is 5.44. The molecule has 9 nitrogen and oxygen atoms in total. The Bertz CT molecular complexity index is 894. The lowest BCUT2D eigenvalue weighted by Gasteiger charge is -2.29. The summed E-state index contributed by atoms with van der Waals surface area (Å²) in [5, 5.41) is 9.71. The molecule has 1 aliphatic rings. The van der Waals surface area contributed by atoms with Crippen molar-refractivity contribution in [1.29, 1.82) is 0 Å². The van der Waals surface area contributed by atoms with Crippen LogP contribution in [0.2, 0.25) is 0 Å². The first-order valence-corrected chi connectivity index (χ1v) is 7.67. The standard InChI is InChI=1S/C17H15N5O4/c1-10-5-3-4-6-12(10)22-16(24)11(15(23)19-17(22)25)9-18-13-7-8-14(26-2)21-20-13/h3-9,11H,1-2H3,(H,19,23,25)/t11-/m1/s1. The lowest BCUT2D eigenvalue weighted by molar-refractivity contribution is -0.131. The third kappa shape index (κ3) is 3.27. The highest BCUT2D eigenvalue weighted by Crippen LogP contribution is 2.24. The van der Waals surface area contributed by atoms with Gasteiger partial charge in [-0.1, -0.05) is 18.2 Å². The van der Waals surface area contributed by atoms with Crippen LogP contribution in [-0.4, -0.2) is 41.4 Å². The fourth-order valence-corrected chi connectivity index (χ4v) is 2.41. The van der Waals surface area contributed by atoms with Crippen LogP contribution in [0.3, 0.4) is 0 Å².